The number of furan rings is 1. The van der Waals surface area contributed by atoms with Crippen LogP contribution in [0.3, 0.4) is 0 Å². The van der Waals surface area contributed by atoms with Crippen molar-refractivity contribution in [2.24, 2.45) is 0 Å². The Balaban J connectivity index is 2.28. The Morgan fingerprint density at radius 3 is 2.61 bits per heavy atom. The molecule has 0 spiro atoms. The Morgan fingerprint density at radius 2 is 2.06 bits per heavy atom. The van der Waals surface area contributed by atoms with Crippen LogP contribution in [0.4, 0.5) is 0 Å². The summed E-state index contributed by atoms with van der Waals surface area (Å²) in [7, 11) is 0. The maximum atomic E-state index is 11.9. The Morgan fingerprint density at radius 1 is 1.28 bits per heavy atom. The summed E-state index contributed by atoms with van der Waals surface area (Å²) in [6, 6.07) is 9.54. The molecule has 0 radical (unpaired) electrons. The summed E-state index contributed by atoms with van der Waals surface area (Å²) in [5, 5.41) is 2.88. The highest BCUT2D eigenvalue weighted by atomic mass is 16.3. The van der Waals surface area contributed by atoms with Gasteiger partial charge >= 0.3 is 0 Å². The molecule has 94 valence electrons. The summed E-state index contributed by atoms with van der Waals surface area (Å²) in [4.78, 5) is 11.9. The zero-order valence-corrected chi connectivity index (χ0v) is 10.9. The van der Waals surface area contributed by atoms with Gasteiger partial charge in [-0.25, -0.2) is 0 Å². The lowest BCUT2D eigenvalue weighted by molar-refractivity contribution is 0.0943. The molecule has 2 rings (SSSR count). The van der Waals surface area contributed by atoms with Crippen LogP contribution in [-0.4, -0.2) is 11.9 Å². The first-order chi connectivity index (χ1) is 8.58. The zero-order valence-electron chi connectivity index (χ0n) is 10.9. The van der Waals surface area contributed by atoms with E-state index in [9.17, 15) is 4.79 Å². The Kier molecular flexibility index (Phi) is 3.51. The van der Waals surface area contributed by atoms with Crippen molar-refractivity contribution in [2.75, 3.05) is 0 Å². The number of carbonyl (C=O) groups excluding carboxylic acids is 1. The van der Waals surface area contributed by atoms with Crippen molar-refractivity contribution < 1.29 is 9.21 Å². The standard InChI is InChI=1S/C15H17NO2/c1-10(2)16-15(17)12-6-7-13(11(3)9-12)14-5-4-8-18-14/h4-10H,1-3H3,(H,16,17). The molecule has 2 aromatic rings. The Hall–Kier alpha value is -2.03. The summed E-state index contributed by atoms with van der Waals surface area (Å²) in [6.07, 6.45) is 1.65. The van der Waals surface area contributed by atoms with Gasteiger partial charge in [-0.05, 0) is 50.6 Å². The first kappa shape index (κ1) is 12.4. The molecule has 0 aliphatic heterocycles. The number of rotatable bonds is 3. The second kappa shape index (κ2) is 5.08. The Bertz CT molecular complexity index is 542. The van der Waals surface area contributed by atoms with Crippen molar-refractivity contribution in [3.05, 3.63) is 47.7 Å². The van der Waals surface area contributed by atoms with Crippen LogP contribution in [0.2, 0.25) is 0 Å². The van der Waals surface area contributed by atoms with Crippen LogP contribution < -0.4 is 5.32 Å². The third-order valence-electron chi connectivity index (χ3n) is 2.69. The van der Waals surface area contributed by atoms with Crippen molar-refractivity contribution in [3.8, 4) is 11.3 Å². The number of benzene rings is 1. The highest BCUT2D eigenvalue weighted by Gasteiger charge is 2.10. The highest BCUT2D eigenvalue weighted by Crippen LogP contribution is 2.24. The summed E-state index contributed by atoms with van der Waals surface area (Å²) in [5.74, 6) is 0.780. The molecule has 0 fully saturated rings. The number of nitrogens with one attached hydrogen (secondary N) is 1. The molecule has 1 aromatic heterocycles. The van der Waals surface area contributed by atoms with Crippen LogP contribution in [0.25, 0.3) is 11.3 Å². The smallest absolute Gasteiger partial charge is 0.251 e. The van der Waals surface area contributed by atoms with E-state index < -0.39 is 0 Å². The summed E-state index contributed by atoms with van der Waals surface area (Å²) in [6.45, 7) is 5.87. The SMILES string of the molecule is Cc1cc(C(=O)NC(C)C)ccc1-c1ccco1. The van der Waals surface area contributed by atoms with Crippen molar-refractivity contribution in [3.63, 3.8) is 0 Å². The van der Waals surface area contributed by atoms with E-state index >= 15 is 0 Å². The molecule has 0 aliphatic carbocycles. The van der Waals surface area contributed by atoms with E-state index in [2.05, 4.69) is 5.32 Å². The van der Waals surface area contributed by atoms with Crippen LogP contribution in [-0.2, 0) is 0 Å². The van der Waals surface area contributed by atoms with E-state index in [1.165, 1.54) is 0 Å². The summed E-state index contributed by atoms with van der Waals surface area (Å²) >= 11 is 0. The maximum absolute atomic E-state index is 11.9. The minimum atomic E-state index is -0.0425. The zero-order chi connectivity index (χ0) is 13.1. The molecule has 1 aromatic carbocycles. The molecule has 0 bridgehead atoms. The van der Waals surface area contributed by atoms with Crippen LogP contribution in [0.15, 0.2) is 41.0 Å². The van der Waals surface area contributed by atoms with Gasteiger partial charge in [-0.1, -0.05) is 6.07 Å². The van der Waals surface area contributed by atoms with Gasteiger partial charge in [0.1, 0.15) is 5.76 Å². The molecule has 0 saturated heterocycles. The summed E-state index contributed by atoms with van der Waals surface area (Å²) in [5.41, 5.74) is 2.72. The molecule has 1 heterocycles. The fourth-order valence-corrected chi connectivity index (χ4v) is 1.86. The maximum Gasteiger partial charge on any atom is 0.251 e. The fourth-order valence-electron chi connectivity index (χ4n) is 1.86. The monoisotopic (exact) mass is 243 g/mol. The van der Waals surface area contributed by atoms with E-state index in [1.54, 1.807) is 6.26 Å². The topological polar surface area (TPSA) is 42.2 Å². The Labute approximate surface area is 107 Å². The predicted molar refractivity (Wildman–Crippen MR) is 71.5 cm³/mol. The largest absolute Gasteiger partial charge is 0.464 e. The number of amides is 1. The van der Waals surface area contributed by atoms with Gasteiger partial charge in [-0.15, -0.1) is 0 Å². The number of hydrogen-bond acceptors (Lipinski definition) is 2. The minimum Gasteiger partial charge on any atom is -0.464 e. The number of aryl methyl sites for hydroxylation is 1. The molecule has 0 atom stereocenters. The minimum absolute atomic E-state index is 0.0425. The lowest BCUT2D eigenvalue weighted by atomic mass is 10.0. The van der Waals surface area contributed by atoms with E-state index in [1.807, 2.05) is 51.1 Å². The quantitative estimate of drug-likeness (QED) is 0.897. The van der Waals surface area contributed by atoms with E-state index in [0.29, 0.717) is 5.56 Å². The molecule has 1 amide bonds. The van der Waals surface area contributed by atoms with Crippen LogP contribution in [0.1, 0.15) is 29.8 Å². The first-order valence-corrected chi connectivity index (χ1v) is 6.03. The predicted octanol–water partition coefficient (Wildman–Crippen LogP) is 3.39. The second-order valence-corrected chi connectivity index (χ2v) is 4.64. The van der Waals surface area contributed by atoms with Gasteiger partial charge in [-0.2, -0.15) is 0 Å². The van der Waals surface area contributed by atoms with Crippen molar-refractivity contribution >= 4 is 5.91 Å². The third kappa shape index (κ3) is 2.62. The molecule has 0 unspecified atom stereocenters. The molecule has 0 saturated carbocycles. The van der Waals surface area contributed by atoms with Gasteiger partial charge < -0.3 is 9.73 Å². The van der Waals surface area contributed by atoms with E-state index in [-0.39, 0.29) is 11.9 Å². The van der Waals surface area contributed by atoms with Gasteiger partial charge in [0.05, 0.1) is 6.26 Å². The number of carbonyl (C=O) groups is 1. The normalized spacial score (nSPS) is 10.7. The molecule has 3 heteroatoms. The van der Waals surface area contributed by atoms with Crippen LogP contribution in [0, 0.1) is 6.92 Å². The van der Waals surface area contributed by atoms with Gasteiger partial charge in [0, 0.05) is 17.2 Å². The van der Waals surface area contributed by atoms with Crippen molar-refractivity contribution in [1.82, 2.24) is 5.32 Å². The van der Waals surface area contributed by atoms with Gasteiger partial charge in [-0.3, -0.25) is 4.79 Å². The average Bonchev–Trinajstić information content (AvgIpc) is 2.81. The fraction of sp³-hybridized carbons (Fsp3) is 0.267. The summed E-state index contributed by atoms with van der Waals surface area (Å²) < 4.78 is 5.36. The van der Waals surface area contributed by atoms with Crippen LogP contribution >= 0.6 is 0 Å². The van der Waals surface area contributed by atoms with Gasteiger partial charge in [0.25, 0.3) is 5.91 Å². The lowest BCUT2D eigenvalue weighted by Gasteiger charge is -2.10. The first-order valence-electron chi connectivity index (χ1n) is 6.03. The molecule has 0 aliphatic rings. The molecule has 3 nitrogen and oxygen atoms in total. The number of hydrogen-bond donors (Lipinski definition) is 1. The van der Waals surface area contributed by atoms with E-state index in [0.717, 1.165) is 16.9 Å². The lowest BCUT2D eigenvalue weighted by Crippen LogP contribution is -2.30. The average molecular weight is 243 g/mol. The third-order valence-corrected chi connectivity index (χ3v) is 2.69. The van der Waals surface area contributed by atoms with Gasteiger partial charge in [0.2, 0.25) is 0 Å². The van der Waals surface area contributed by atoms with E-state index in [4.69, 9.17) is 4.42 Å². The molecule has 18 heavy (non-hydrogen) atoms. The second-order valence-electron chi connectivity index (χ2n) is 4.64. The molecule has 1 N–H and O–H groups in total. The molecular formula is C15H17NO2. The van der Waals surface area contributed by atoms with Crippen LogP contribution in [0.5, 0.6) is 0 Å². The molecular weight excluding hydrogens is 226 g/mol. The van der Waals surface area contributed by atoms with Gasteiger partial charge in [0.15, 0.2) is 0 Å². The van der Waals surface area contributed by atoms with Crippen molar-refractivity contribution in [1.29, 1.82) is 0 Å². The van der Waals surface area contributed by atoms with Crippen molar-refractivity contribution in [2.45, 2.75) is 26.8 Å². The highest BCUT2D eigenvalue weighted by molar-refractivity contribution is 5.95.